The summed E-state index contributed by atoms with van der Waals surface area (Å²) in [6, 6.07) is 5.84. The van der Waals surface area contributed by atoms with Crippen LogP contribution in [0.4, 0.5) is 18.9 Å². The molecule has 0 N–H and O–H groups in total. The summed E-state index contributed by atoms with van der Waals surface area (Å²) in [5.74, 6) is 0.668. The molecule has 30 heavy (non-hydrogen) atoms. The molecule has 158 valence electrons. The largest absolute Gasteiger partial charge is 0.493 e. The van der Waals surface area contributed by atoms with Crippen molar-refractivity contribution in [2.75, 3.05) is 19.1 Å². The molecule has 0 radical (unpaired) electrons. The number of anilines is 1. The molecule has 4 rings (SSSR count). The van der Waals surface area contributed by atoms with Crippen LogP contribution in [0.3, 0.4) is 0 Å². The van der Waals surface area contributed by atoms with Crippen molar-refractivity contribution >= 4 is 40.5 Å². The highest BCUT2D eigenvalue weighted by Gasteiger charge is 2.46. The average Bonchev–Trinajstić information content (AvgIpc) is 2.94. The number of fused-ring (bicyclic) bond motifs is 2. The predicted molar refractivity (Wildman–Crippen MR) is 109 cm³/mol. The molecule has 0 spiro atoms. The van der Waals surface area contributed by atoms with Crippen molar-refractivity contribution in [2.24, 2.45) is 0 Å². The first kappa shape index (κ1) is 20.7. The molecule has 2 aromatic rings. The summed E-state index contributed by atoms with van der Waals surface area (Å²) in [5.41, 5.74) is 0.813. The normalized spacial score (nSPS) is 18.4. The fourth-order valence-corrected chi connectivity index (χ4v) is 4.37. The zero-order valence-electron chi connectivity index (χ0n) is 15.9. The minimum atomic E-state index is -4.57. The second-order valence-corrected chi connectivity index (χ2v) is 7.72. The van der Waals surface area contributed by atoms with E-state index in [1.165, 1.54) is 14.2 Å². The van der Waals surface area contributed by atoms with Gasteiger partial charge in [-0.05, 0) is 53.7 Å². The summed E-state index contributed by atoms with van der Waals surface area (Å²) >= 11 is 11.6. The summed E-state index contributed by atoms with van der Waals surface area (Å²) < 4.78 is 50.2. The summed E-state index contributed by atoms with van der Waals surface area (Å²) in [4.78, 5) is 15.9. The molecule has 0 aromatic heterocycles. The van der Waals surface area contributed by atoms with Gasteiger partial charge in [0.25, 0.3) is 5.91 Å². The third kappa shape index (κ3) is 3.26. The van der Waals surface area contributed by atoms with Crippen LogP contribution in [0.1, 0.15) is 16.7 Å². The number of amides is 1. The number of hydrogen-bond donors (Lipinski definition) is 0. The molecule has 1 unspecified atom stereocenters. The Bertz CT molecular complexity index is 1010. The van der Waals surface area contributed by atoms with Crippen molar-refractivity contribution in [1.29, 1.82) is 0 Å². The number of carbonyl (C=O) groups is 1. The van der Waals surface area contributed by atoms with Crippen LogP contribution in [0.15, 0.2) is 30.3 Å². The van der Waals surface area contributed by atoms with Crippen molar-refractivity contribution in [2.45, 2.75) is 25.2 Å². The lowest BCUT2D eigenvalue weighted by molar-refractivity contribution is -0.137. The quantitative estimate of drug-likeness (QED) is 0.639. The van der Waals surface area contributed by atoms with Gasteiger partial charge in [0.05, 0.1) is 30.5 Å². The minimum absolute atomic E-state index is 0.0133. The van der Waals surface area contributed by atoms with Gasteiger partial charge >= 0.3 is 6.18 Å². The first-order valence-electron chi connectivity index (χ1n) is 8.90. The van der Waals surface area contributed by atoms with E-state index in [4.69, 9.17) is 33.3 Å². The van der Waals surface area contributed by atoms with Crippen molar-refractivity contribution < 1.29 is 27.4 Å². The monoisotopic (exact) mass is 456 g/mol. The third-order valence-corrected chi connectivity index (χ3v) is 6.03. The van der Waals surface area contributed by atoms with Crippen LogP contribution in [0.2, 0.25) is 5.02 Å². The average molecular weight is 457 g/mol. The molecule has 2 heterocycles. The number of halogens is 4. The number of benzene rings is 2. The molecule has 2 aliphatic rings. The van der Waals surface area contributed by atoms with E-state index in [1.807, 2.05) is 12.1 Å². The van der Waals surface area contributed by atoms with Crippen LogP contribution >= 0.6 is 23.8 Å². The van der Waals surface area contributed by atoms with Crippen LogP contribution in [-0.4, -0.2) is 36.2 Å². The van der Waals surface area contributed by atoms with Crippen molar-refractivity contribution in [1.82, 2.24) is 4.90 Å². The Balaban J connectivity index is 1.73. The molecular weight excluding hydrogens is 441 g/mol. The lowest BCUT2D eigenvalue weighted by Gasteiger charge is -2.31. The van der Waals surface area contributed by atoms with Crippen molar-refractivity contribution in [3.63, 3.8) is 0 Å². The fourth-order valence-electron chi connectivity index (χ4n) is 3.79. The lowest BCUT2D eigenvalue weighted by Crippen LogP contribution is -2.40. The highest BCUT2D eigenvalue weighted by Crippen LogP contribution is 2.41. The van der Waals surface area contributed by atoms with Gasteiger partial charge < -0.3 is 14.4 Å². The number of rotatable bonds is 3. The second kappa shape index (κ2) is 7.31. The van der Waals surface area contributed by atoms with E-state index in [-0.39, 0.29) is 15.8 Å². The van der Waals surface area contributed by atoms with Crippen molar-refractivity contribution in [3.8, 4) is 11.5 Å². The van der Waals surface area contributed by atoms with E-state index in [0.717, 1.165) is 34.2 Å². The van der Waals surface area contributed by atoms with Crippen LogP contribution < -0.4 is 14.4 Å². The summed E-state index contributed by atoms with van der Waals surface area (Å²) in [7, 11) is 3.05. The maximum atomic E-state index is 13.2. The van der Waals surface area contributed by atoms with E-state index >= 15 is 0 Å². The zero-order valence-corrected chi connectivity index (χ0v) is 17.5. The molecular formula is C20H16ClF3N2O3S. The van der Waals surface area contributed by atoms with Gasteiger partial charge in [-0.3, -0.25) is 9.69 Å². The second-order valence-electron chi connectivity index (χ2n) is 6.94. The van der Waals surface area contributed by atoms with E-state index in [0.29, 0.717) is 24.5 Å². The molecule has 0 aliphatic carbocycles. The molecule has 2 aromatic carbocycles. The molecule has 0 saturated carbocycles. The van der Waals surface area contributed by atoms with E-state index in [2.05, 4.69) is 0 Å². The fraction of sp³-hybridized carbons (Fsp3) is 0.300. The van der Waals surface area contributed by atoms with Gasteiger partial charge in [0.2, 0.25) is 0 Å². The molecule has 1 amide bonds. The van der Waals surface area contributed by atoms with Crippen LogP contribution in [0.5, 0.6) is 11.5 Å². The number of ether oxygens (including phenoxy) is 2. The minimum Gasteiger partial charge on any atom is -0.493 e. The number of alkyl halides is 3. The number of hydrogen-bond acceptors (Lipinski definition) is 4. The zero-order chi connectivity index (χ0) is 21.8. The Labute approximate surface area is 180 Å². The summed E-state index contributed by atoms with van der Waals surface area (Å²) in [5, 5.41) is 0.131. The van der Waals surface area contributed by atoms with Gasteiger partial charge in [-0.1, -0.05) is 11.6 Å². The van der Waals surface area contributed by atoms with Gasteiger partial charge in [0.15, 0.2) is 16.6 Å². The highest BCUT2D eigenvalue weighted by atomic mass is 35.5. The number of methoxy groups -OCH3 is 2. The van der Waals surface area contributed by atoms with Gasteiger partial charge in [0, 0.05) is 13.0 Å². The van der Waals surface area contributed by atoms with Crippen molar-refractivity contribution in [3.05, 3.63) is 52.0 Å². The first-order valence-corrected chi connectivity index (χ1v) is 9.69. The molecule has 10 heteroatoms. The molecule has 1 fully saturated rings. The Hall–Kier alpha value is -2.52. The Morgan fingerprint density at radius 3 is 2.33 bits per heavy atom. The van der Waals surface area contributed by atoms with E-state index in [9.17, 15) is 18.0 Å². The highest BCUT2D eigenvalue weighted by molar-refractivity contribution is 7.80. The predicted octanol–water partition coefficient (Wildman–Crippen LogP) is 4.43. The standard InChI is InChI=1S/C20H16ClF3N2O3S/c1-28-16-6-10-5-15-18(27)26(14-8-12(20(22,23)24)3-4-13(14)21)19(30)25(15)9-11(10)7-17(16)29-2/h3-4,6-8,15H,5,9H2,1-2H3. The molecule has 5 nitrogen and oxygen atoms in total. The Morgan fingerprint density at radius 1 is 1.10 bits per heavy atom. The maximum Gasteiger partial charge on any atom is 0.416 e. The molecule has 1 saturated heterocycles. The van der Waals surface area contributed by atoms with Crippen LogP contribution in [0, 0.1) is 0 Å². The smallest absolute Gasteiger partial charge is 0.416 e. The van der Waals surface area contributed by atoms with Gasteiger partial charge in [-0.2, -0.15) is 13.2 Å². The Kier molecular flexibility index (Phi) is 5.06. The maximum absolute atomic E-state index is 13.2. The molecule has 0 bridgehead atoms. The SMILES string of the molecule is COc1cc2c(cc1OC)CN1C(=S)N(c3cc(C(F)(F)F)ccc3Cl)C(=O)C1C2. The molecule has 1 atom stereocenters. The van der Waals surface area contributed by atoms with Crippen LogP contribution in [0.25, 0.3) is 0 Å². The van der Waals surface area contributed by atoms with Gasteiger partial charge in [0.1, 0.15) is 6.04 Å². The first-order chi connectivity index (χ1) is 14.2. The summed E-state index contributed by atoms with van der Waals surface area (Å²) in [6.07, 6.45) is -4.23. The van der Waals surface area contributed by atoms with Gasteiger partial charge in [-0.25, -0.2) is 0 Å². The van der Waals surface area contributed by atoms with E-state index in [1.54, 1.807) is 4.90 Å². The van der Waals surface area contributed by atoms with Crippen LogP contribution in [-0.2, 0) is 23.9 Å². The molecule has 2 aliphatic heterocycles. The topological polar surface area (TPSA) is 42.0 Å². The number of nitrogens with zero attached hydrogens (tertiary/aromatic N) is 2. The number of carbonyl (C=O) groups excluding carboxylic acids is 1. The van der Waals surface area contributed by atoms with E-state index < -0.39 is 23.7 Å². The van der Waals surface area contributed by atoms with Gasteiger partial charge in [-0.15, -0.1) is 0 Å². The third-order valence-electron chi connectivity index (χ3n) is 5.29. The number of thiocarbonyl (C=S) groups is 1. The Morgan fingerprint density at radius 2 is 1.73 bits per heavy atom. The summed E-state index contributed by atoms with van der Waals surface area (Å²) in [6.45, 7) is 0.317. The lowest BCUT2D eigenvalue weighted by atomic mass is 9.94.